The first-order valence-electron chi connectivity index (χ1n) is 9.14. The Hall–Kier alpha value is -3.80. The van der Waals surface area contributed by atoms with E-state index in [0.717, 1.165) is 11.1 Å². The van der Waals surface area contributed by atoms with E-state index in [9.17, 15) is 17.6 Å². The Morgan fingerprint density at radius 1 is 0.400 bits per heavy atom. The molecule has 4 aromatic rings. The van der Waals surface area contributed by atoms with Crippen molar-refractivity contribution in [1.29, 1.82) is 0 Å². The first-order chi connectivity index (χ1) is 14.5. The summed E-state index contributed by atoms with van der Waals surface area (Å²) in [4.78, 5) is 0. The van der Waals surface area contributed by atoms with E-state index in [-0.39, 0.29) is 11.4 Å². The highest BCUT2D eigenvalue weighted by atomic mass is 19.1. The molecule has 0 spiro atoms. The van der Waals surface area contributed by atoms with Crippen LogP contribution < -0.4 is 10.6 Å². The standard InChI is InChI=1S/C24H16F4N2/c25-19-3-1-4-20(26)23(19)29-17-11-7-15(8-12-17)16-9-13-18(14-10-16)30-24-21(27)5-2-6-22(24)28/h1-14,29-30H. The van der Waals surface area contributed by atoms with Crippen LogP contribution in [0.1, 0.15) is 0 Å². The number of rotatable bonds is 5. The lowest BCUT2D eigenvalue weighted by Crippen LogP contribution is -1.97. The van der Waals surface area contributed by atoms with Crippen LogP contribution in [0, 0.1) is 23.3 Å². The van der Waals surface area contributed by atoms with E-state index in [1.807, 2.05) is 0 Å². The van der Waals surface area contributed by atoms with Gasteiger partial charge in [-0.25, -0.2) is 17.6 Å². The molecule has 4 rings (SSSR count). The molecular weight excluding hydrogens is 392 g/mol. The lowest BCUT2D eigenvalue weighted by molar-refractivity contribution is 0.590. The Bertz CT molecular complexity index is 1040. The van der Waals surface area contributed by atoms with Gasteiger partial charge in [-0.2, -0.15) is 0 Å². The maximum absolute atomic E-state index is 13.8. The van der Waals surface area contributed by atoms with Crippen molar-refractivity contribution in [2.24, 2.45) is 0 Å². The quantitative estimate of drug-likeness (QED) is 0.336. The summed E-state index contributed by atoms with van der Waals surface area (Å²) in [6.45, 7) is 0. The van der Waals surface area contributed by atoms with E-state index in [1.54, 1.807) is 48.5 Å². The number of benzene rings is 4. The van der Waals surface area contributed by atoms with Gasteiger partial charge in [-0.1, -0.05) is 36.4 Å². The molecule has 4 aromatic carbocycles. The van der Waals surface area contributed by atoms with Crippen LogP contribution in [-0.4, -0.2) is 0 Å². The van der Waals surface area contributed by atoms with E-state index in [0.29, 0.717) is 11.4 Å². The highest BCUT2D eigenvalue weighted by Gasteiger charge is 2.10. The topological polar surface area (TPSA) is 24.1 Å². The lowest BCUT2D eigenvalue weighted by Gasteiger charge is -2.11. The molecule has 0 aliphatic rings. The van der Waals surface area contributed by atoms with Crippen molar-refractivity contribution in [3.05, 3.63) is 108 Å². The van der Waals surface area contributed by atoms with Crippen molar-refractivity contribution < 1.29 is 17.6 Å². The second-order valence-corrected chi connectivity index (χ2v) is 6.60. The van der Waals surface area contributed by atoms with Crippen LogP contribution in [-0.2, 0) is 0 Å². The van der Waals surface area contributed by atoms with E-state index < -0.39 is 23.3 Å². The van der Waals surface area contributed by atoms with Crippen LogP contribution in [0.25, 0.3) is 11.1 Å². The number of halogens is 4. The third-order valence-corrected chi connectivity index (χ3v) is 4.57. The van der Waals surface area contributed by atoms with Gasteiger partial charge >= 0.3 is 0 Å². The summed E-state index contributed by atoms with van der Waals surface area (Å²) in [6, 6.07) is 21.4. The van der Waals surface area contributed by atoms with Crippen LogP contribution in [0.4, 0.5) is 40.3 Å². The Morgan fingerprint density at radius 2 is 0.700 bits per heavy atom. The van der Waals surface area contributed by atoms with Crippen molar-refractivity contribution in [3.63, 3.8) is 0 Å². The third-order valence-electron chi connectivity index (χ3n) is 4.57. The Labute approximate surface area is 170 Å². The van der Waals surface area contributed by atoms with E-state index in [1.165, 1.54) is 36.4 Å². The summed E-state index contributed by atoms with van der Waals surface area (Å²) >= 11 is 0. The van der Waals surface area contributed by atoms with Gasteiger partial charge in [0, 0.05) is 11.4 Å². The first kappa shape index (κ1) is 19.5. The largest absolute Gasteiger partial charge is 0.351 e. The van der Waals surface area contributed by atoms with Gasteiger partial charge < -0.3 is 10.6 Å². The summed E-state index contributed by atoms with van der Waals surface area (Å²) in [5.41, 5.74) is 2.41. The minimum absolute atomic E-state index is 0.207. The summed E-state index contributed by atoms with van der Waals surface area (Å²) < 4.78 is 55.1. The normalized spacial score (nSPS) is 10.7. The average Bonchev–Trinajstić information content (AvgIpc) is 2.75. The first-order valence-corrected chi connectivity index (χ1v) is 9.14. The molecule has 0 fully saturated rings. The predicted octanol–water partition coefficient (Wildman–Crippen LogP) is 7.40. The second-order valence-electron chi connectivity index (χ2n) is 6.60. The van der Waals surface area contributed by atoms with Gasteiger partial charge in [-0.15, -0.1) is 0 Å². The molecule has 0 aromatic heterocycles. The molecule has 0 saturated carbocycles. The molecule has 0 unspecified atom stereocenters. The molecule has 0 atom stereocenters. The monoisotopic (exact) mass is 408 g/mol. The highest BCUT2D eigenvalue weighted by Crippen LogP contribution is 2.28. The molecule has 2 N–H and O–H groups in total. The fourth-order valence-electron chi connectivity index (χ4n) is 3.02. The SMILES string of the molecule is Fc1cccc(F)c1Nc1ccc(-c2ccc(Nc3c(F)cccc3F)cc2)cc1. The molecule has 0 heterocycles. The van der Waals surface area contributed by atoms with Crippen LogP contribution in [0.15, 0.2) is 84.9 Å². The molecule has 150 valence electrons. The van der Waals surface area contributed by atoms with Crippen LogP contribution in [0.3, 0.4) is 0 Å². The minimum Gasteiger partial charge on any atom is -0.351 e. The molecule has 0 amide bonds. The van der Waals surface area contributed by atoms with Gasteiger partial charge in [0.15, 0.2) is 0 Å². The molecule has 2 nitrogen and oxygen atoms in total. The lowest BCUT2D eigenvalue weighted by atomic mass is 10.0. The van der Waals surface area contributed by atoms with Gasteiger partial charge in [-0.05, 0) is 59.7 Å². The summed E-state index contributed by atoms with van der Waals surface area (Å²) in [5, 5.41) is 5.47. The number of hydrogen-bond donors (Lipinski definition) is 2. The van der Waals surface area contributed by atoms with Gasteiger partial charge in [0.25, 0.3) is 0 Å². The molecule has 30 heavy (non-hydrogen) atoms. The Balaban J connectivity index is 1.49. The van der Waals surface area contributed by atoms with Crippen LogP contribution >= 0.6 is 0 Å². The Kier molecular flexibility index (Phi) is 5.39. The van der Waals surface area contributed by atoms with Crippen molar-refractivity contribution in [2.75, 3.05) is 10.6 Å². The van der Waals surface area contributed by atoms with E-state index in [2.05, 4.69) is 10.6 Å². The van der Waals surface area contributed by atoms with Gasteiger partial charge in [0.1, 0.15) is 34.6 Å². The van der Waals surface area contributed by atoms with Crippen molar-refractivity contribution >= 4 is 22.7 Å². The summed E-state index contributed by atoms with van der Waals surface area (Å²) in [6.07, 6.45) is 0. The van der Waals surface area contributed by atoms with Crippen LogP contribution in [0.2, 0.25) is 0 Å². The molecule has 0 aliphatic carbocycles. The third kappa shape index (κ3) is 4.12. The van der Waals surface area contributed by atoms with Gasteiger partial charge in [0.2, 0.25) is 0 Å². The van der Waals surface area contributed by atoms with E-state index >= 15 is 0 Å². The fraction of sp³-hybridized carbons (Fsp3) is 0. The zero-order valence-electron chi connectivity index (χ0n) is 15.6. The van der Waals surface area contributed by atoms with Crippen LogP contribution in [0.5, 0.6) is 0 Å². The van der Waals surface area contributed by atoms with Crippen molar-refractivity contribution in [2.45, 2.75) is 0 Å². The molecule has 0 saturated heterocycles. The summed E-state index contributed by atoms with van der Waals surface area (Å²) in [7, 11) is 0. The second kappa shape index (κ2) is 8.29. The predicted molar refractivity (Wildman–Crippen MR) is 111 cm³/mol. The number of hydrogen-bond acceptors (Lipinski definition) is 2. The fourth-order valence-corrected chi connectivity index (χ4v) is 3.02. The smallest absolute Gasteiger partial charge is 0.149 e. The Morgan fingerprint density at radius 3 is 1.00 bits per heavy atom. The average molecular weight is 408 g/mol. The molecule has 6 heteroatoms. The molecule has 0 radical (unpaired) electrons. The minimum atomic E-state index is -0.673. The zero-order chi connectivity index (χ0) is 21.1. The number of para-hydroxylation sites is 2. The summed E-state index contributed by atoms with van der Waals surface area (Å²) in [5.74, 6) is -2.69. The van der Waals surface area contributed by atoms with Crippen molar-refractivity contribution in [3.8, 4) is 11.1 Å². The van der Waals surface area contributed by atoms with Gasteiger partial charge in [-0.3, -0.25) is 0 Å². The molecule has 0 bridgehead atoms. The highest BCUT2D eigenvalue weighted by molar-refractivity contribution is 5.71. The zero-order valence-corrected chi connectivity index (χ0v) is 15.6. The molecule has 0 aliphatic heterocycles. The van der Waals surface area contributed by atoms with Gasteiger partial charge in [0.05, 0.1) is 0 Å². The maximum Gasteiger partial charge on any atom is 0.149 e. The number of anilines is 4. The van der Waals surface area contributed by atoms with E-state index in [4.69, 9.17) is 0 Å². The molecular formula is C24H16F4N2. The van der Waals surface area contributed by atoms with Crippen molar-refractivity contribution in [1.82, 2.24) is 0 Å². The maximum atomic E-state index is 13.8. The number of nitrogens with one attached hydrogen (secondary N) is 2.